The first-order chi connectivity index (χ1) is 7.91. The average molecular weight is 232 g/mol. The SMILES string of the molecule is CC(C)(C)c1ccc2c(c1)C(=O)OC(C=O)C2. The lowest BCUT2D eigenvalue weighted by Crippen LogP contribution is -2.29. The van der Waals surface area contributed by atoms with E-state index in [2.05, 4.69) is 20.8 Å². The van der Waals surface area contributed by atoms with Crippen LogP contribution in [0.3, 0.4) is 0 Å². The Bertz CT molecular complexity index is 469. The molecule has 0 radical (unpaired) electrons. The molecule has 3 heteroatoms. The van der Waals surface area contributed by atoms with Crippen molar-refractivity contribution >= 4 is 12.3 Å². The number of aldehydes is 1. The molecule has 1 unspecified atom stereocenters. The molecule has 1 atom stereocenters. The van der Waals surface area contributed by atoms with Crippen LogP contribution in [0.4, 0.5) is 0 Å². The molecule has 0 aliphatic carbocycles. The Morgan fingerprint density at radius 3 is 2.65 bits per heavy atom. The van der Waals surface area contributed by atoms with Crippen molar-refractivity contribution in [1.82, 2.24) is 0 Å². The van der Waals surface area contributed by atoms with Crippen LogP contribution in [0.1, 0.15) is 42.3 Å². The Kier molecular flexibility index (Phi) is 2.77. The minimum absolute atomic E-state index is 0.00316. The molecule has 1 aromatic rings. The molecule has 0 aromatic heterocycles. The van der Waals surface area contributed by atoms with Crippen molar-refractivity contribution in [3.8, 4) is 0 Å². The van der Waals surface area contributed by atoms with E-state index in [1.807, 2.05) is 18.2 Å². The van der Waals surface area contributed by atoms with Gasteiger partial charge in [0.1, 0.15) is 0 Å². The summed E-state index contributed by atoms with van der Waals surface area (Å²) < 4.78 is 5.02. The van der Waals surface area contributed by atoms with E-state index in [9.17, 15) is 9.59 Å². The van der Waals surface area contributed by atoms with Crippen LogP contribution in [0.2, 0.25) is 0 Å². The highest BCUT2D eigenvalue weighted by atomic mass is 16.5. The number of carbonyl (C=O) groups excluding carboxylic acids is 2. The third kappa shape index (κ3) is 2.23. The van der Waals surface area contributed by atoms with E-state index >= 15 is 0 Å². The summed E-state index contributed by atoms with van der Waals surface area (Å²) in [6.07, 6.45) is 0.531. The van der Waals surface area contributed by atoms with Crippen LogP contribution in [-0.4, -0.2) is 18.4 Å². The summed E-state index contributed by atoms with van der Waals surface area (Å²) in [5, 5.41) is 0. The van der Waals surface area contributed by atoms with Crippen LogP contribution >= 0.6 is 0 Å². The van der Waals surface area contributed by atoms with Crippen LogP contribution in [0.15, 0.2) is 18.2 Å². The van der Waals surface area contributed by atoms with Gasteiger partial charge in [-0.15, -0.1) is 0 Å². The predicted octanol–water partition coefficient (Wildman–Crippen LogP) is 2.26. The second-order valence-electron chi connectivity index (χ2n) is 5.41. The van der Waals surface area contributed by atoms with Crippen LogP contribution in [0.25, 0.3) is 0 Å². The fraction of sp³-hybridized carbons (Fsp3) is 0.429. The highest BCUT2D eigenvalue weighted by molar-refractivity contribution is 5.93. The second-order valence-corrected chi connectivity index (χ2v) is 5.41. The number of rotatable bonds is 1. The molecule has 0 spiro atoms. The topological polar surface area (TPSA) is 43.4 Å². The summed E-state index contributed by atoms with van der Waals surface area (Å²) in [5.41, 5.74) is 2.58. The Hall–Kier alpha value is -1.64. The Labute approximate surface area is 101 Å². The van der Waals surface area contributed by atoms with Gasteiger partial charge >= 0.3 is 5.97 Å². The molecular weight excluding hydrogens is 216 g/mol. The van der Waals surface area contributed by atoms with E-state index < -0.39 is 12.1 Å². The Balaban J connectivity index is 2.44. The number of carbonyl (C=O) groups is 2. The monoisotopic (exact) mass is 232 g/mol. The maximum atomic E-state index is 11.8. The molecule has 2 rings (SSSR count). The minimum atomic E-state index is -0.629. The van der Waals surface area contributed by atoms with Crippen molar-refractivity contribution in [2.75, 3.05) is 0 Å². The zero-order valence-corrected chi connectivity index (χ0v) is 10.3. The molecule has 0 saturated carbocycles. The maximum absolute atomic E-state index is 11.8. The zero-order chi connectivity index (χ0) is 12.6. The fourth-order valence-electron chi connectivity index (χ4n) is 1.95. The summed E-state index contributed by atoms with van der Waals surface area (Å²) in [6.45, 7) is 6.28. The van der Waals surface area contributed by atoms with Crippen molar-refractivity contribution in [3.05, 3.63) is 34.9 Å². The molecule has 1 aromatic carbocycles. The van der Waals surface area contributed by atoms with Gasteiger partial charge in [0.15, 0.2) is 12.4 Å². The molecule has 0 bridgehead atoms. The third-order valence-corrected chi connectivity index (χ3v) is 3.03. The number of hydrogen-bond acceptors (Lipinski definition) is 3. The van der Waals surface area contributed by atoms with Crippen LogP contribution < -0.4 is 0 Å². The Morgan fingerprint density at radius 2 is 2.06 bits per heavy atom. The molecule has 0 amide bonds. The molecule has 1 aliphatic heterocycles. The lowest BCUT2D eigenvalue weighted by atomic mass is 9.84. The molecule has 1 heterocycles. The number of cyclic esters (lactones) is 1. The van der Waals surface area contributed by atoms with E-state index in [0.717, 1.165) is 11.1 Å². The number of hydrogen-bond donors (Lipinski definition) is 0. The van der Waals surface area contributed by atoms with Gasteiger partial charge in [-0.05, 0) is 22.6 Å². The van der Waals surface area contributed by atoms with Gasteiger partial charge in [0, 0.05) is 6.42 Å². The molecule has 90 valence electrons. The van der Waals surface area contributed by atoms with Gasteiger partial charge in [-0.1, -0.05) is 32.9 Å². The third-order valence-electron chi connectivity index (χ3n) is 3.03. The largest absolute Gasteiger partial charge is 0.451 e. The summed E-state index contributed by atoms with van der Waals surface area (Å²) in [4.78, 5) is 22.4. The van der Waals surface area contributed by atoms with Crippen molar-refractivity contribution in [3.63, 3.8) is 0 Å². The first kappa shape index (κ1) is 11.8. The van der Waals surface area contributed by atoms with E-state index in [4.69, 9.17) is 4.74 Å². The number of fused-ring (bicyclic) bond motifs is 1. The quantitative estimate of drug-likeness (QED) is 0.551. The van der Waals surface area contributed by atoms with Crippen molar-refractivity contribution in [1.29, 1.82) is 0 Å². The van der Waals surface area contributed by atoms with Gasteiger partial charge in [-0.3, -0.25) is 4.79 Å². The normalized spacial score (nSPS) is 19.5. The molecule has 1 aliphatic rings. The molecule has 17 heavy (non-hydrogen) atoms. The highest BCUT2D eigenvalue weighted by Gasteiger charge is 2.27. The molecule has 0 saturated heterocycles. The van der Waals surface area contributed by atoms with Crippen molar-refractivity contribution in [2.45, 2.75) is 38.7 Å². The van der Waals surface area contributed by atoms with Gasteiger partial charge in [0.25, 0.3) is 0 Å². The number of ether oxygens (including phenoxy) is 1. The van der Waals surface area contributed by atoms with Gasteiger partial charge in [0.05, 0.1) is 5.56 Å². The fourth-order valence-corrected chi connectivity index (χ4v) is 1.95. The maximum Gasteiger partial charge on any atom is 0.339 e. The van der Waals surface area contributed by atoms with Crippen LogP contribution in [0.5, 0.6) is 0 Å². The summed E-state index contributed by atoms with van der Waals surface area (Å²) >= 11 is 0. The molecule has 3 nitrogen and oxygen atoms in total. The lowest BCUT2D eigenvalue weighted by molar-refractivity contribution is -0.115. The number of benzene rings is 1. The van der Waals surface area contributed by atoms with E-state index in [1.54, 1.807) is 0 Å². The zero-order valence-electron chi connectivity index (χ0n) is 10.3. The van der Waals surface area contributed by atoms with E-state index in [1.165, 1.54) is 0 Å². The number of esters is 1. The summed E-state index contributed by atoms with van der Waals surface area (Å²) in [7, 11) is 0. The van der Waals surface area contributed by atoms with Gasteiger partial charge in [-0.25, -0.2) is 4.79 Å². The van der Waals surface area contributed by atoms with Crippen molar-refractivity contribution < 1.29 is 14.3 Å². The highest BCUT2D eigenvalue weighted by Crippen LogP contribution is 2.27. The van der Waals surface area contributed by atoms with E-state index in [-0.39, 0.29) is 5.41 Å². The van der Waals surface area contributed by atoms with Crippen LogP contribution in [0, 0.1) is 0 Å². The summed E-state index contributed by atoms with van der Waals surface area (Å²) in [6, 6.07) is 5.81. The average Bonchev–Trinajstić information content (AvgIpc) is 2.27. The molecule has 0 fully saturated rings. The lowest BCUT2D eigenvalue weighted by Gasteiger charge is -2.24. The first-order valence-corrected chi connectivity index (χ1v) is 5.71. The van der Waals surface area contributed by atoms with E-state index in [0.29, 0.717) is 18.3 Å². The smallest absolute Gasteiger partial charge is 0.339 e. The second kappa shape index (κ2) is 3.99. The summed E-state index contributed by atoms with van der Waals surface area (Å²) in [5.74, 6) is -0.394. The first-order valence-electron chi connectivity index (χ1n) is 5.71. The molecule has 0 N–H and O–H groups in total. The van der Waals surface area contributed by atoms with Gasteiger partial charge < -0.3 is 4.74 Å². The van der Waals surface area contributed by atoms with Gasteiger partial charge in [-0.2, -0.15) is 0 Å². The minimum Gasteiger partial charge on any atom is -0.451 e. The van der Waals surface area contributed by atoms with Gasteiger partial charge in [0.2, 0.25) is 0 Å². The van der Waals surface area contributed by atoms with Crippen LogP contribution in [-0.2, 0) is 21.4 Å². The molecular formula is C14H16O3. The standard InChI is InChI=1S/C14H16O3/c1-14(2,3)10-5-4-9-6-11(8-15)17-13(16)12(9)7-10/h4-5,7-8,11H,6H2,1-3H3. The Morgan fingerprint density at radius 1 is 1.35 bits per heavy atom. The van der Waals surface area contributed by atoms with Crippen molar-refractivity contribution in [2.24, 2.45) is 0 Å². The predicted molar refractivity (Wildman–Crippen MR) is 64.1 cm³/mol.